The van der Waals surface area contributed by atoms with E-state index in [1.165, 1.54) is 17.0 Å². The Labute approximate surface area is 167 Å². The molecule has 30 heavy (non-hydrogen) atoms. The zero-order valence-electron chi connectivity index (χ0n) is 15.0. The predicted molar refractivity (Wildman–Crippen MR) is 95.5 cm³/mol. The first-order valence-electron chi connectivity index (χ1n) is 8.38. The molecule has 0 amide bonds. The molecule has 14 heteroatoms. The van der Waals surface area contributed by atoms with Crippen LogP contribution in [-0.2, 0) is 14.8 Å². The zero-order valence-corrected chi connectivity index (χ0v) is 15.9. The lowest BCUT2D eigenvalue weighted by molar-refractivity contribution is -0.274. The van der Waals surface area contributed by atoms with Gasteiger partial charge in [0.1, 0.15) is 17.6 Å². The summed E-state index contributed by atoms with van der Waals surface area (Å²) < 4.78 is 67.1. The third-order valence-electron chi connectivity index (χ3n) is 4.27. The molecule has 1 aromatic carbocycles. The summed E-state index contributed by atoms with van der Waals surface area (Å²) in [6.07, 6.45) is -4.93. The van der Waals surface area contributed by atoms with Gasteiger partial charge in [-0.2, -0.15) is 9.40 Å². The first-order chi connectivity index (χ1) is 14.0. The normalized spacial score (nSPS) is 18.2. The van der Waals surface area contributed by atoms with Crippen LogP contribution in [0.4, 0.5) is 19.0 Å². The van der Waals surface area contributed by atoms with Gasteiger partial charge in [0.15, 0.2) is 0 Å². The molecule has 1 atom stereocenters. The third kappa shape index (κ3) is 4.71. The number of carboxylic acids is 1. The van der Waals surface area contributed by atoms with Gasteiger partial charge in [0.2, 0.25) is 10.0 Å². The number of piperazine rings is 1. The van der Waals surface area contributed by atoms with Gasteiger partial charge in [0.25, 0.3) is 5.56 Å². The maximum atomic E-state index is 12.9. The number of hydrogen-bond donors (Lipinski definition) is 2. The Morgan fingerprint density at radius 3 is 2.37 bits per heavy atom. The minimum atomic E-state index is -4.93. The van der Waals surface area contributed by atoms with Crippen molar-refractivity contribution in [2.24, 2.45) is 0 Å². The molecule has 1 saturated heterocycles. The number of carbonyl (C=O) groups is 1. The van der Waals surface area contributed by atoms with Gasteiger partial charge in [-0.3, -0.25) is 9.59 Å². The van der Waals surface area contributed by atoms with Gasteiger partial charge < -0.3 is 14.7 Å². The molecule has 1 aromatic heterocycles. The van der Waals surface area contributed by atoms with Crippen LogP contribution in [0.1, 0.15) is 0 Å². The summed E-state index contributed by atoms with van der Waals surface area (Å²) >= 11 is 0. The molecule has 162 valence electrons. The van der Waals surface area contributed by atoms with Crippen molar-refractivity contribution in [3.05, 3.63) is 46.8 Å². The minimum Gasteiger partial charge on any atom is -0.480 e. The minimum absolute atomic E-state index is 0.0807. The van der Waals surface area contributed by atoms with E-state index in [4.69, 9.17) is 0 Å². The number of halogens is 3. The molecule has 0 aliphatic carbocycles. The van der Waals surface area contributed by atoms with Crippen LogP contribution in [0, 0.1) is 0 Å². The molecular formula is C16H15F3N4O6S. The van der Waals surface area contributed by atoms with Gasteiger partial charge in [-0.15, -0.1) is 13.2 Å². The summed E-state index contributed by atoms with van der Waals surface area (Å²) in [6, 6.07) is 4.57. The Morgan fingerprint density at radius 2 is 1.83 bits per heavy atom. The first-order valence-corrected chi connectivity index (χ1v) is 9.82. The molecule has 2 aromatic rings. The Kier molecular flexibility index (Phi) is 5.72. The molecule has 1 fully saturated rings. The molecule has 0 saturated carbocycles. The van der Waals surface area contributed by atoms with Crippen LogP contribution < -0.4 is 15.2 Å². The zero-order chi connectivity index (χ0) is 22.1. The van der Waals surface area contributed by atoms with Crippen LogP contribution in [0.25, 0.3) is 0 Å². The SMILES string of the molecule is O=C(O)[C@H]1CN(c2ccc(=O)[nH]n2)CCN1S(=O)(=O)c1ccc(OC(F)(F)F)cc1. The molecule has 1 aliphatic rings. The van der Waals surface area contributed by atoms with Crippen molar-refractivity contribution < 1.29 is 36.2 Å². The number of nitrogens with zero attached hydrogens (tertiary/aromatic N) is 3. The first kappa shape index (κ1) is 21.6. The lowest BCUT2D eigenvalue weighted by Gasteiger charge is -2.38. The summed E-state index contributed by atoms with van der Waals surface area (Å²) in [7, 11) is -4.32. The van der Waals surface area contributed by atoms with E-state index < -0.39 is 39.7 Å². The van der Waals surface area contributed by atoms with Gasteiger partial charge >= 0.3 is 12.3 Å². The Bertz CT molecular complexity index is 1070. The number of nitrogens with one attached hydrogen (secondary N) is 1. The number of hydrogen-bond acceptors (Lipinski definition) is 7. The van der Waals surface area contributed by atoms with Crippen molar-refractivity contribution in [2.45, 2.75) is 17.3 Å². The molecule has 2 N–H and O–H groups in total. The van der Waals surface area contributed by atoms with Crippen LogP contribution in [0.2, 0.25) is 0 Å². The van der Waals surface area contributed by atoms with E-state index in [0.717, 1.165) is 28.6 Å². The maximum Gasteiger partial charge on any atom is 0.573 e. The molecular weight excluding hydrogens is 433 g/mol. The average molecular weight is 448 g/mol. The van der Waals surface area contributed by atoms with Crippen LogP contribution in [0.15, 0.2) is 46.1 Å². The standard InChI is InChI=1S/C16H15F3N4O6S/c17-16(18,19)29-10-1-3-11(4-2-10)30(27,28)23-8-7-22(9-12(23)15(25)26)13-5-6-14(24)21-20-13/h1-6,12H,7-9H2,(H,21,24)(H,25,26)/t12-/m1/s1. The van der Waals surface area contributed by atoms with E-state index >= 15 is 0 Å². The lowest BCUT2D eigenvalue weighted by Crippen LogP contribution is -2.58. The highest BCUT2D eigenvalue weighted by atomic mass is 32.2. The predicted octanol–water partition coefficient (Wildman–Crippen LogP) is 0.633. The van der Waals surface area contributed by atoms with E-state index in [9.17, 15) is 36.3 Å². The fraction of sp³-hybridized carbons (Fsp3) is 0.312. The van der Waals surface area contributed by atoms with Crippen LogP contribution in [-0.4, -0.2) is 66.0 Å². The monoisotopic (exact) mass is 448 g/mol. The van der Waals surface area contributed by atoms with Crippen molar-refractivity contribution in [3.8, 4) is 5.75 Å². The summed E-state index contributed by atoms with van der Waals surface area (Å²) in [5.74, 6) is -1.75. The number of anilines is 1. The molecule has 3 rings (SSSR count). The topological polar surface area (TPSA) is 133 Å². The fourth-order valence-corrected chi connectivity index (χ4v) is 4.49. The number of ether oxygens (including phenoxy) is 1. The van der Waals surface area contributed by atoms with Gasteiger partial charge in [-0.25, -0.2) is 13.5 Å². The van der Waals surface area contributed by atoms with Crippen LogP contribution in [0.3, 0.4) is 0 Å². The molecule has 0 radical (unpaired) electrons. The highest BCUT2D eigenvalue weighted by Gasteiger charge is 2.40. The van der Waals surface area contributed by atoms with Crippen molar-refractivity contribution in [1.82, 2.24) is 14.5 Å². The second-order valence-electron chi connectivity index (χ2n) is 6.21. The number of alkyl halides is 3. The largest absolute Gasteiger partial charge is 0.573 e. The van der Waals surface area contributed by atoms with E-state index in [0.29, 0.717) is 0 Å². The average Bonchev–Trinajstić information content (AvgIpc) is 2.67. The number of rotatable bonds is 5. The van der Waals surface area contributed by atoms with E-state index in [2.05, 4.69) is 14.9 Å². The third-order valence-corrected chi connectivity index (χ3v) is 6.19. The number of aromatic nitrogens is 2. The van der Waals surface area contributed by atoms with Crippen molar-refractivity contribution in [1.29, 1.82) is 0 Å². The smallest absolute Gasteiger partial charge is 0.480 e. The summed E-state index contributed by atoms with van der Waals surface area (Å²) in [5.41, 5.74) is -0.451. The Balaban J connectivity index is 1.83. The quantitative estimate of drug-likeness (QED) is 0.681. The second kappa shape index (κ2) is 7.95. The molecule has 0 spiro atoms. The van der Waals surface area contributed by atoms with Gasteiger partial charge in [-0.1, -0.05) is 0 Å². The van der Waals surface area contributed by atoms with E-state index in [-0.39, 0.29) is 30.3 Å². The fourth-order valence-electron chi connectivity index (χ4n) is 2.93. The molecule has 10 nitrogen and oxygen atoms in total. The lowest BCUT2D eigenvalue weighted by atomic mass is 10.2. The number of carboxylic acid groups (broad SMARTS) is 1. The van der Waals surface area contributed by atoms with E-state index in [1.54, 1.807) is 0 Å². The number of aliphatic carboxylic acids is 1. The highest BCUT2D eigenvalue weighted by molar-refractivity contribution is 7.89. The van der Waals surface area contributed by atoms with Gasteiger partial charge in [0, 0.05) is 25.7 Å². The van der Waals surface area contributed by atoms with Gasteiger partial charge in [0.05, 0.1) is 4.90 Å². The van der Waals surface area contributed by atoms with Crippen molar-refractivity contribution in [3.63, 3.8) is 0 Å². The number of H-pyrrole nitrogens is 1. The summed E-state index contributed by atoms with van der Waals surface area (Å²) in [6.45, 7) is -0.388. The van der Waals surface area contributed by atoms with Crippen LogP contribution >= 0.6 is 0 Å². The maximum absolute atomic E-state index is 12.9. The summed E-state index contributed by atoms with van der Waals surface area (Å²) in [5, 5.41) is 15.6. The number of benzene rings is 1. The molecule has 2 heterocycles. The Hall–Kier alpha value is -3.13. The molecule has 0 unspecified atom stereocenters. The Morgan fingerprint density at radius 1 is 1.17 bits per heavy atom. The number of aromatic amines is 1. The molecule has 1 aliphatic heterocycles. The van der Waals surface area contributed by atoms with Crippen molar-refractivity contribution in [2.75, 3.05) is 24.5 Å². The number of sulfonamides is 1. The highest BCUT2D eigenvalue weighted by Crippen LogP contribution is 2.27. The van der Waals surface area contributed by atoms with E-state index in [1.807, 2.05) is 0 Å². The second-order valence-corrected chi connectivity index (χ2v) is 8.10. The van der Waals surface area contributed by atoms with Crippen LogP contribution in [0.5, 0.6) is 5.75 Å². The van der Waals surface area contributed by atoms with Gasteiger partial charge in [-0.05, 0) is 30.3 Å². The van der Waals surface area contributed by atoms with Crippen molar-refractivity contribution >= 4 is 21.8 Å². The molecule has 0 bridgehead atoms. The summed E-state index contributed by atoms with van der Waals surface area (Å²) in [4.78, 5) is 24.0.